The van der Waals surface area contributed by atoms with Crippen molar-refractivity contribution >= 4 is 28.5 Å². The predicted molar refractivity (Wildman–Crippen MR) is 122 cm³/mol. The van der Waals surface area contributed by atoms with Crippen molar-refractivity contribution in [3.8, 4) is 0 Å². The highest BCUT2D eigenvalue weighted by molar-refractivity contribution is 6.31. The number of halogens is 1. The van der Waals surface area contributed by atoms with E-state index in [0.717, 1.165) is 75.3 Å². The Morgan fingerprint density at radius 1 is 1.27 bits per heavy atom. The van der Waals surface area contributed by atoms with Gasteiger partial charge in [0.15, 0.2) is 0 Å². The van der Waals surface area contributed by atoms with Crippen LogP contribution in [0.25, 0.3) is 11.0 Å². The number of H-pyrrole nitrogens is 1. The molecule has 1 saturated carbocycles. The van der Waals surface area contributed by atoms with Gasteiger partial charge in [-0.25, -0.2) is 4.98 Å². The Kier molecular flexibility index (Phi) is 6.96. The number of hydrogen-bond acceptors (Lipinski definition) is 4. The number of piperazine rings is 1. The maximum Gasteiger partial charge on any atom is 0.223 e. The topological polar surface area (TPSA) is 64.3 Å². The Balaban J connectivity index is 1.38. The third-order valence-corrected chi connectivity index (χ3v) is 7.20. The first-order valence-corrected chi connectivity index (χ1v) is 11.8. The van der Waals surface area contributed by atoms with Crippen LogP contribution in [0.1, 0.15) is 51.3 Å². The zero-order valence-electron chi connectivity index (χ0n) is 18.2. The van der Waals surface area contributed by atoms with E-state index in [1.807, 2.05) is 18.2 Å². The summed E-state index contributed by atoms with van der Waals surface area (Å²) in [7, 11) is 0. The fraction of sp³-hybridized carbons (Fsp3) is 0.652. The van der Waals surface area contributed by atoms with Crippen LogP contribution in [0.4, 0.5) is 0 Å². The van der Waals surface area contributed by atoms with Crippen LogP contribution in [0, 0.1) is 5.92 Å². The van der Waals surface area contributed by atoms with Gasteiger partial charge in [-0.3, -0.25) is 9.69 Å². The van der Waals surface area contributed by atoms with Gasteiger partial charge in [0.05, 0.1) is 11.0 Å². The summed E-state index contributed by atoms with van der Waals surface area (Å²) in [6, 6.07) is 6.07. The summed E-state index contributed by atoms with van der Waals surface area (Å²) in [6.45, 7) is 10.7. The lowest BCUT2D eigenvalue weighted by Crippen LogP contribution is -2.52. The maximum absolute atomic E-state index is 13.1. The van der Waals surface area contributed by atoms with Gasteiger partial charge < -0.3 is 15.2 Å². The van der Waals surface area contributed by atoms with Gasteiger partial charge in [0.25, 0.3) is 0 Å². The average Bonchev–Trinajstić information content (AvgIpc) is 3.20. The van der Waals surface area contributed by atoms with Crippen molar-refractivity contribution in [3.63, 3.8) is 0 Å². The first kappa shape index (κ1) is 21.6. The summed E-state index contributed by atoms with van der Waals surface area (Å²) in [6.07, 6.45) is 4.18. The molecule has 30 heavy (non-hydrogen) atoms. The summed E-state index contributed by atoms with van der Waals surface area (Å²) >= 11 is 6.13. The lowest BCUT2D eigenvalue weighted by atomic mass is 9.78. The highest BCUT2D eigenvalue weighted by Crippen LogP contribution is 2.37. The van der Waals surface area contributed by atoms with Gasteiger partial charge in [-0.15, -0.1) is 0 Å². The molecule has 2 N–H and O–H groups in total. The summed E-state index contributed by atoms with van der Waals surface area (Å²) in [5, 5.41) is 3.96. The van der Waals surface area contributed by atoms with E-state index in [1.54, 1.807) is 0 Å². The lowest BCUT2D eigenvalue weighted by Gasteiger charge is -2.38. The predicted octanol–water partition coefficient (Wildman–Crippen LogP) is 3.63. The SMILES string of the molecule is CCN1CCN([C@H](C)CNC(=O)[C@H]2CCCC[C@@H]2c2nc3ccc(Cl)cc3[nH]2)CC1. The minimum atomic E-state index is -0.0149. The van der Waals surface area contributed by atoms with Crippen LogP contribution < -0.4 is 5.32 Å². The molecule has 6 nitrogen and oxygen atoms in total. The number of nitrogens with one attached hydrogen (secondary N) is 2. The van der Waals surface area contributed by atoms with Gasteiger partial charge in [-0.2, -0.15) is 0 Å². The molecule has 0 radical (unpaired) electrons. The molecule has 7 heteroatoms. The Labute approximate surface area is 184 Å². The Morgan fingerprint density at radius 3 is 2.80 bits per heavy atom. The molecule has 1 amide bonds. The summed E-state index contributed by atoms with van der Waals surface area (Å²) < 4.78 is 0. The molecular formula is C23H34ClN5O. The van der Waals surface area contributed by atoms with Gasteiger partial charge in [0.1, 0.15) is 5.82 Å². The zero-order valence-corrected chi connectivity index (χ0v) is 18.9. The normalized spacial score (nSPS) is 24.8. The number of imidazole rings is 1. The van der Waals surface area contributed by atoms with Crippen LogP contribution in [-0.2, 0) is 4.79 Å². The van der Waals surface area contributed by atoms with Crippen molar-refractivity contribution in [2.45, 2.75) is 51.5 Å². The van der Waals surface area contributed by atoms with Crippen LogP contribution >= 0.6 is 11.6 Å². The standard InChI is InChI=1S/C23H34ClN5O/c1-3-28-10-12-29(13-11-28)16(2)15-25-23(30)19-7-5-4-6-18(19)22-26-20-9-8-17(24)14-21(20)27-22/h8-9,14,16,18-19H,3-7,10-13,15H2,1-2H3,(H,25,30)(H,26,27)/t16-,18+,19+/m1/s1. The average molecular weight is 432 g/mol. The van der Waals surface area contributed by atoms with Crippen molar-refractivity contribution < 1.29 is 4.79 Å². The molecular weight excluding hydrogens is 398 g/mol. The van der Waals surface area contributed by atoms with Crippen LogP contribution in [-0.4, -0.2) is 71.0 Å². The van der Waals surface area contributed by atoms with E-state index in [4.69, 9.17) is 16.6 Å². The van der Waals surface area contributed by atoms with Crippen molar-refractivity contribution in [2.75, 3.05) is 39.3 Å². The molecule has 2 heterocycles. The molecule has 1 saturated heterocycles. The fourth-order valence-electron chi connectivity index (χ4n) is 4.98. The van der Waals surface area contributed by atoms with Gasteiger partial charge in [-0.05, 0) is 44.5 Å². The summed E-state index contributed by atoms with van der Waals surface area (Å²) in [4.78, 5) is 26.3. The monoisotopic (exact) mass is 431 g/mol. The Hall–Kier alpha value is -1.63. The quantitative estimate of drug-likeness (QED) is 0.733. The van der Waals surface area contributed by atoms with E-state index in [9.17, 15) is 4.79 Å². The van der Waals surface area contributed by atoms with Gasteiger partial charge in [0.2, 0.25) is 5.91 Å². The summed E-state index contributed by atoms with van der Waals surface area (Å²) in [5.41, 5.74) is 1.86. The second-order valence-electron chi connectivity index (χ2n) is 8.85. The molecule has 0 unspecified atom stereocenters. The van der Waals surface area contributed by atoms with Crippen LogP contribution in [0.15, 0.2) is 18.2 Å². The first-order valence-electron chi connectivity index (χ1n) is 11.4. The number of fused-ring (bicyclic) bond motifs is 1. The number of aromatic nitrogens is 2. The largest absolute Gasteiger partial charge is 0.354 e. The highest BCUT2D eigenvalue weighted by Gasteiger charge is 2.34. The third-order valence-electron chi connectivity index (χ3n) is 6.97. The second-order valence-corrected chi connectivity index (χ2v) is 9.28. The Bertz CT molecular complexity index is 860. The molecule has 2 aromatic rings. The molecule has 1 aromatic carbocycles. The van der Waals surface area contributed by atoms with E-state index in [0.29, 0.717) is 17.6 Å². The van der Waals surface area contributed by atoms with Crippen molar-refractivity contribution in [3.05, 3.63) is 29.0 Å². The Morgan fingerprint density at radius 2 is 2.03 bits per heavy atom. The van der Waals surface area contributed by atoms with Gasteiger partial charge >= 0.3 is 0 Å². The number of amides is 1. The first-order chi connectivity index (χ1) is 14.5. The van der Waals surface area contributed by atoms with Crippen LogP contribution in [0.2, 0.25) is 5.02 Å². The molecule has 4 rings (SSSR count). The van der Waals surface area contributed by atoms with E-state index >= 15 is 0 Å². The summed E-state index contributed by atoms with van der Waals surface area (Å²) in [5.74, 6) is 1.24. The number of benzene rings is 1. The fourth-order valence-corrected chi connectivity index (χ4v) is 5.15. The zero-order chi connectivity index (χ0) is 21.1. The third kappa shape index (κ3) is 4.82. The van der Waals surface area contributed by atoms with E-state index in [-0.39, 0.29) is 17.7 Å². The lowest BCUT2D eigenvalue weighted by molar-refractivity contribution is -0.126. The molecule has 1 aromatic heterocycles. The highest BCUT2D eigenvalue weighted by atomic mass is 35.5. The van der Waals surface area contributed by atoms with Crippen LogP contribution in [0.5, 0.6) is 0 Å². The molecule has 1 aliphatic heterocycles. The molecule has 0 spiro atoms. The molecule has 0 bridgehead atoms. The number of rotatable bonds is 6. The second kappa shape index (κ2) is 9.67. The molecule has 2 fully saturated rings. The molecule has 164 valence electrons. The van der Waals surface area contributed by atoms with E-state index < -0.39 is 0 Å². The van der Waals surface area contributed by atoms with E-state index in [2.05, 4.69) is 33.9 Å². The number of carbonyl (C=O) groups is 1. The number of likely N-dealkylation sites (N-methyl/N-ethyl adjacent to an activating group) is 1. The maximum atomic E-state index is 13.1. The van der Waals surface area contributed by atoms with Crippen molar-refractivity contribution in [1.29, 1.82) is 0 Å². The number of hydrogen-bond donors (Lipinski definition) is 2. The minimum Gasteiger partial charge on any atom is -0.354 e. The number of carbonyl (C=O) groups excluding carboxylic acids is 1. The van der Waals surface area contributed by atoms with Crippen LogP contribution in [0.3, 0.4) is 0 Å². The molecule has 2 aliphatic rings. The molecule has 1 aliphatic carbocycles. The van der Waals surface area contributed by atoms with Crippen molar-refractivity contribution in [2.24, 2.45) is 5.92 Å². The number of aromatic amines is 1. The molecule has 3 atom stereocenters. The van der Waals surface area contributed by atoms with Crippen molar-refractivity contribution in [1.82, 2.24) is 25.1 Å². The number of nitrogens with zero attached hydrogens (tertiary/aromatic N) is 3. The smallest absolute Gasteiger partial charge is 0.223 e. The minimum absolute atomic E-state index is 0.0149. The van der Waals surface area contributed by atoms with Gasteiger partial charge in [0, 0.05) is 55.6 Å². The van der Waals surface area contributed by atoms with Gasteiger partial charge in [-0.1, -0.05) is 31.4 Å². The van der Waals surface area contributed by atoms with E-state index in [1.165, 1.54) is 0 Å².